The van der Waals surface area contributed by atoms with Crippen LogP contribution in [-0.4, -0.2) is 23.5 Å². The van der Waals surface area contributed by atoms with Crippen LogP contribution in [0.25, 0.3) is 6.08 Å². The van der Waals surface area contributed by atoms with Crippen LogP contribution in [0.1, 0.15) is 15.9 Å². The van der Waals surface area contributed by atoms with Crippen LogP contribution in [0.4, 0.5) is 11.4 Å². The van der Waals surface area contributed by atoms with Crippen molar-refractivity contribution in [2.24, 2.45) is 0 Å². The van der Waals surface area contributed by atoms with E-state index in [1.807, 2.05) is 6.07 Å². The van der Waals surface area contributed by atoms with Crippen LogP contribution in [-0.2, 0) is 9.59 Å². The maximum Gasteiger partial charge on any atom is 0.272 e. The van der Waals surface area contributed by atoms with Crippen molar-refractivity contribution >= 4 is 81.7 Å². The zero-order chi connectivity index (χ0) is 28.5. The van der Waals surface area contributed by atoms with Gasteiger partial charge in [0.1, 0.15) is 5.70 Å². The molecule has 0 saturated carbocycles. The van der Waals surface area contributed by atoms with Gasteiger partial charge in [-0.15, -0.1) is 11.8 Å². The highest BCUT2D eigenvalue weighted by atomic mass is 35.5. The fourth-order valence-electron chi connectivity index (χ4n) is 3.49. The highest BCUT2D eigenvalue weighted by Gasteiger charge is 2.16. The molecule has 0 aromatic heterocycles. The van der Waals surface area contributed by atoms with Gasteiger partial charge < -0.3 is 16.0 Å². The number of carbonyl (C=O) groups excluding carboxylic acids is 3. The van der Waals surface area contributed by atoms with E-state index in [0.717, 1.165) is 4.90 Å². The summed E-state index contributed by atoms with van der Waals surface area (Å²) in [6.07, 6.45) is 1.52. The van der Waals surface area contributed by atoms with Crippen molar-refractivity contribution in [1.82, 2.24) is 5.32 Å². The largest absolute Gasteiger partial charge is 0.324 e. The Kier molecular flexibility index (Phi) is 10.3. The Labute approximate surface area is 250 Å². The van der Waals surface area contributed by atoms with E-state index < -0.39 is 11.8 Å². The molecule has 0 heterocycles. The number of hydrogen-bond donors (Lipinski definition) is 3. The molecule has 0 aliphatic rings. The van der Waals surface area contributed by atoms with Crippen LogP contribution >= 0.6 is 46.6 Å². The SMILES string of the molecule is O=C(CSc1cccc(NC(=O)/C(=C\c2ccccc2Cl)NC(=O)c2ccccc2)c1)Nc1cccc(Cl)c1Cl. The van der Waals surface area contributed by atoms with Gasteiger partial charge in [-0.3, -0.25) is 14.4 Å². The van der Waals surface area contributed by atoms with E-state index in [2.05, 4.69) is 16.0 Å². The molecule has 4 aromatic rings. The lowest BCUT2D eigenvalue weighted by atomic mass is 10.1. The molecule has 0 fully saturated rings. The molecule has 6 nitrogen and oxygen atoms in total. The molecule has 0 spiro atoms. The van der Waals surface area contributed by atoms with Gasteiger partial charge in [0.05, 0.1) is 21.5 Å². The van der Waals surface area contributed by atoms with Gasteiger partial charge in [-0.05, 0) is 60.2 Å². The van der Waals surface area contributed by atoms with E-state index in [-0.39, 0.29) is 22.4 Å². The van der Waals surface area contributed by atoms with Crippen molar-refractivity contribution in [2.75, 3.05) is 16.4 Å². The van der Waals surface area contributed by atoms with E-state index in [9.17, 15) is 14.4 Å². The maximum absolute atomic E-state index is 13.3. The van der Waals surface area contributed by atoms with Gasteiger partial charge in [-0.1, -0.05) is 83.3 Å². The van der Waals surface area contributed by atoms with Crippen LogP contribution in [0.5, 0.6) is 0 Å². The van der Waals surface area contributed by atoms with Gasteiger partial charge >= 0.3 is 0 Å². The Morgan fingerprint density at radius 3 is 2.23 bits per heavy atom. The monoisotopic (exact) mass is 609 g/mol. The molecule has 0 aliphatic carbocycles. The molecule has 202 valence electrons. The quantitative estimate of drug-likeness (QED) is 0.133. The van der Waals surface area contributed by atoms with Gasteiger partial charge in [-0.25, -0.2) is 0 Å². The summed E-state index contributed by atoms with van der Waals surface area (Å²) in [5.74, 6) is -1.15. The number of rotatable bonds is 9. The number of hydrogen-bond acceptors (Lipinski definition) is 4. The van der Waals surface area contributed by atoms with Gasteiger partial charge in [0, 0.05) is 21.2 Å². The Balaban J connectivity index is 1.46. The molecule has 0 aliphatic heterocycles. The molecule has 4 rings (SSSR count). The molecule has 0 saturated heterocycles. The first-order valence-electron chi connectivity index (χ1n) is 11.9. The lowest BCUT2D eigenvalue weighted by Crippen LogP contribution is -2.30. The van der Waals surface area contributed by atoms with Crippen molar-refractivity contribution in [3.8, 4) is 0 Å². The minimum atomic E-state index is -0.542. The summed E-state index contributed by atoms with van der Waals surface area (Å²) in [4.78, 5) is 39.3. The zero-order valence-electron chi connectivity index (χ0n) is 20.8. The van der Waals surface area contributed by atoms with Gasteiger partial charge in [0.25, 0.3) is 11.8 Å². The number of anilines is 2. The summed E-state index contributed by atoms with van der Waals surface area (Å²) in [5.41, 5.74) is 1.88. The third kappa shape index (κ3) is 8.13. The normalized spacial score (nSPS) is 11.0. The van der Waals surface area contributed by atoms with Crippen molar-refractivity contribution in [3.63, 3.8) is 0 Å². The van der Waals surface area contributed by atoms with Gasteiger partial charge in [-0.2, -0.15) is 0 Å². The van der Waals surface area contributed by atoms with Gasteiger partial charge in [0.2, 0.25) is 5.91 Å². The number of thioether (sulfide) groups is 1. The first kappa shape index (κ1) is 29.2. The number of benzene rings is 4. The molecule has 40 heavy (non-hydrogen) atoms. The molecule has 3 N–H and O–H groups in total. The average molecular weight is 611 g/mol. The number of nitrogens with one attached hydrogen (secondary N) is 3. The molecule has 0 unspecified atom stereocenters. The molecule has 4 aromatic carbocycles. The summed E-state index contributed by atoms with van der Waals surface area (Å²) < 4.78 is 0. The third-order valence-corrected chi connectivity index (χ3v) is 7.58. The van der Waals surface area contributed by atoms with E-state index in [1.165, 1.54) is 17.8 Å². The fraction of sp³-hybridized carbons (Fsp3) is 0.0333. The molecule has 0 atom stereocenters. The second-order valence-corrected chi connectivity index (χ2v) is 10.6. The maximum atomic E-state index is 13.3. The minimum Gasteiger partial charge on any atom is -0.324 e. The van der Waals surface area contributed by atoms with E-state index >= 15 is 0 Å². The topological polar surface area (TPSA) is 87.3 Å². The molecule has 0 radical (unpaired) electrons. The number of carbonyl (C=O) groups is 3. The van der Waals surface area contributed by atoms with E-state index in [4.69, 9.17) is 34.8 Å². The van der Waals surface area contributed by atoms with Gasteiger partial charge in [0.15, 0.2) is 0 Å². The second-order valence-electron chi connectivity index (χ2n) is 8.32. The standard InChI is InChI=1S/C30H22Cl3N3O3S/c31-23-13-5-4-10-20(23)16-26(36-29(38)19-8-2-1-3-9-19)30(39)34-21-11-6-12-22(17-21)40-18-27(37)35-25-15-7-14-24(32)28(25)33/h1-17H,18H2,(H,34,39)(H,35,37)(H,36,38)/b26-16+. The van der Waals surface area contributed by atoms with Crippen LogP contribution in [0.2, 0.25) is 15.1 Å². The van der Waals surface area contributed by atoms with E-state index in [1.54, 1.807) is 91.0 Å². The predicted molar refractivity (Wildman–Crippen MR) is 164 cm³/mol. The second kappa shape index (κ2) is 14.1. The van der Waals surface area contributed by atoms with Crippen LogP contribution < -0.4 is 16.0 Å². The smallest absolute Gasteiger partial charge is 0.272 e. The lowest BCUT2D eigenvalue weighted by molar-refractivity contribution is -0.114. The highest BCUT2D eigenvalue weighted by molar-refractivity contribution is 8.00. The number of halogens is 3. The summed E-state index contributed by atoms with van der Waals surface area (Å²) in [5, 5.41) is 9.28. The minimum absolute atomic E-state index is 0.0118. The summed E-state index contributed by atoms with van der Waals surface area (Å²) in [7, 11) is 0. The summed E-state index contributed by atoms with van der Waals surface area (Å²) in [6.45, 7) is 0. The molecular formula is C30H22Cl3N3O3S. The first-order chi connectivity index (χ1) is 19.3. The zero-order valence-corrected chi connectivity index (χ0v) is 23.9. The number of amides is 3. The summed E-state index contributed by atoms with van der Waals surface area (Å²) in [6, 6.07) is 27.6. The van der Waals surface area contributed by atoms with Crippen LogP contribution in [0, 0.1) is 0 Å². The van der Waals surface area contributed by atoms with Crippen molar-refractivity contribution in [2.45, 2.75) is 4.90 Å². The van der Waals surface area contributed by atoms with Crippen LogP contribution in [0.3, 0.4) is 0 Å². The first-order valence-corrected chi connectivity index (χ1v) is 14.0. The van der Waals surface area contributed by atoms with Crippen molar-refractivity contribution in [3.05, 3.63) is 129 Å². The van der Waals surface area contributed by atoms with E-state index in [0.29, 0.717) is 32.5 Å². The lowest BCUT2D eigenvalue weighted by Gasteiger charge is -2.13. The third-order valence-electron chi connectivity index (χ3n) is 5.42. The fourth-order valence-corrected chi connectivity index (χ4v) is 4.78. The predicted octanol–water partition coefficient (Wildman–Crippen LogP) is 7.79. The Morgan fingerprint density at radius 1 is 0.750 bits per heavy atom. The van der Waals surface area contributed by atoms with Crippen LogP contribution in [0.15, 0.2) is 108 Å². The molecule has 3 amide bonds. The molecule has 10 heteroatoms. The van der Waals surface area contributed by atoms with Crippen molar-refractivity contribution < 1.29 is 14.4 Å². The highest BCUT2D eigenvalue weighted by Crippen LogP contribution is 2.30. The molecular weight excluding hydrogens is 589 g/mol. The molecule has 0 bridgehead atoms. The van der Waals surface area contributed by atoms with Crippen molar-refractivity contribution in [1.29, 1.82) is 0 Å². The Bertz CT molecular complexity index is 1580. The average Bonchev–Trinajstić information content (AvgIpc) is 2.96. The Morgan fingerprint density at radius 2 is 1.45 bits per heavy atom. The summed E-state index contributed by atoms with van der Waals surface area (Å²) >= 11 is 19.7. The Hall–Kier alpha value is -3.75.